The van der Waals surface area contributed by atoms with Crippen molar-refractivity contribution in [2.24, 2.45) is 56.7 Å². The molecule has 0 radical (unpaired) electrons. The molecule has 0 bridgehead atoms. The Labute approximate surface area is 192 Å². The molecule has 5 aliphatic carbocycles. The van der Waals surface area contributed by atoms with E-state index in [0.29, 0.717) is 27.9 Å². The number of rotatable bonds is 1. The summed E-state index contributed by atoms with van der Waals surface area (Å²) in [7, 11) is 0. The monoisotopic (exact) mass is 424 g/mol. The van der Waals surface area contributed by atoms with Crippen LogP contribution in [0, 0.1) is 56.7 Å². The van der Waals surface area contributed by atoms with Crippen molar-refractivity contribution in [1.82, 2.24) is 0 Å². The fraction of sp³-hybridized carbons (Fsp3) is 0.900. The molecule has 0 aromatic carbocycles. The summed E-state index contributed by atoms with van der Waals surface area (Å²) in [6, 6.07) is 0. The number of hydrogen-bond acceptors (Lipinski definition) is 1. The molecule has 0 spiro atoms. The summed E-state index contributed by atoms with van der Waals surface area (Å²) in [5.74, 6) is 4.37. The third-order valence-electron chi connectivity index (χ3n) is 13.0. The van der Waals surface area contributed by atoms with Crippen molar-refractivity contribution < 1.29 is 4.79 Å². The van der Waals surface area contributed by atoms with Crippen LogP contribution in [0.25, 0.3) is 0 Å². The summed E-state index contributed by atoms with van der Waals surface area (Å²) in [6.45, 7) is 20.1. The van der Waals surface area contributed by atoms with Gasteiger partial charge in [0.2, 0.25) is 0 Å². The van der Waals surface area contributed by atoms with Gasteiger partial charge in [0.05, 0.1) is 0 Å². The fourth-order valence-electron chi connectivity index (χ4n) is 11.1. The number of ketones is 1. The average molecular weight is 425 g/mol. The van der Waals surface area contributed by atoms with Crippen LogP contribution in [0.15, 0.2) is 11.6 Å². The molecule has 4 saturated carbocycles. The molecule has 5 rings (SSSR count). The number of carbonyl (C=O) groups is 1. The molecule has 0 aliphatic heterocycles. The highest BCUT2D eigenvalue weighted by molar-refractivity contribution is 5.85. The maximum Gasteiger partial charge on any atom is 0.138 e. The van der Waals surface area contributed by atoms with Crippen LogP contribution in [0.2, 0.25) is 0 Å². The lowest BCUT2D eigenvalue weighted by atomic mass is 9.36. The van der Waals surface area contributed by atoms with E-state index in [1.165, 1.54) is 44.9 Å². The zero-order chi connectivity index (χ0) is 22.6. The van der Waals surface area contributed by atoms with Gasteiger partial charge in [0, 0.05) is 11.8 Å². The van der Waals surface area contributed by atoms with Crippen molar-refractivity contribution in [3.63, 3.8) is 0 Å². The van der Waals surface area contributed by atoms with Crippen LogP contribution in [-0.2, 0) is 4.79 Å². The smallest absolute Gasteiger partial charge is 0.138 e. The predicted molar refractivity (Wildman–Crippen MR) is 130 cm³/mol. The Morgan fingerprint density at radius 2 is 1.52 bits per heavy atom. The molecular formula is C30H48O. The first-order chi connectivity index (χ1) is 14.3. The molecule has 1 nitrogen and oxygen atoms in total. The molecule has 5 aliphatic rings. The normalized spacial score (nSPS) is 53.3. The van der Waals surface area contributed by atoms with Crippen molar-refractivity contribution in [1.29, 1.82) is 0 Å². The quantitative estimate of drug-likeness (QED) is 0.387. The van der Waals surface area contributed by atoms with Crippen molar-refractivity contribution in [2.45, 2.75) is 113 Å². The van der Waals surface area contributed by atoms with Gasteiger partial charge in [-0.25, -0.2) is 0 Å². The van der Waals surface area contributed by atoms with Gasteiger partial charge in [-0.15, -0.1) is 0 Å². The van der Waals surface area contributed by atoms with E-state index >= 15 is 0 Å². The predicted octanol–water partition coefficient (Wildman–Crippen LogP) is 8.23. The Bertz CT molecular complexity index is 818. The second kappa shape index (κ2) is 6.50. The molecule has 0 unspecified atom stereocenters. The number of Topliss-reactive ketones (excluding diaryl/α,β-unsaturated/α-hetero) is 1. The van der Waals surface area contributed by atoms with Crippen LogP contribution in [-0.4, -0.2) is 5.78 Å². The number of fused-ring (bicyclic) bond motifs is 7. The van der Waals surface area contributed by atoms with Gasteiger partial charge in [0.1, 0.15) is 5.78 Å². The average Bonchev–Trinajstić information content (AvgIpc) is 3.05. The minimum absolute atomic E-state index is 0.151. The third kappa shape index (κ3) is 2.53. The summed E-state index contributed by atoms with van der Waals surface area (Å²) >= 11 is 0. The van der Waals surface area contributed by atoms with Crippen molar-refractivity contribution in [3.05, 3.63) is 11.6 Å². The molecule has 8 atom stereocenters. The lowest BCUT2D eigenvalue weighted by Crippen LogP contribution is -2.61. The Morgan fingerprint density at radius 1 is 0.839 bits per heavy atom. The van der Waals surface area contributed by atoms with Gasteiger partial charge in [-0.1, -0.05) is 67.0 Å². The van der Waals surface area contributed by atoms with Gasteiger partial charge < -0.3 is 0 Å². The SMILES string of the molecule is CC(C)[C@H]1CC[C@@H]2[C@]1(C)CC[C@]1(C)[C@H]3CC[C@H]4C(C)(C)C(=O)CC[C@]4(C)C3=CC[C@@]21C. The molecule has 31 heavy (non-hydrogen) atoms. The van der Waals surface area contributed by atoms with E-state index in [1.807, 2.05) is 0 Å². The maximum atomic E-state index is 12.8. The lowest BCUT2D eigenvalue weighted by Gasteiger charge is -2.68. The van der Waals surface area contributed by atoms with Gasteiger partial charge in [-0.2, -0.15) is 0 Å². The molecule has 0 heterocycles. The molecule has 1 heteroatoms. The Hall–Kier alpha value is -0.590. The Balaban J connectivity index is 1.56. The molecule has 0 aromatic rings. The fourth-order valence-corrected chi connectivity index (χ4v) is 11.1. The highest BCUT2D eigenvalue weighted by Crippen LogP contribution is 2.76. The largest absolute Gasteiger partial charge is 0.299 e. The second-order valence-corrected chi connectivity index (χ2v) is 14.4. The number of hydrogen-bond donors (Lipinski definition) is 0. The third-order valence-corrected chi connectivity index (χ3v) is 13.0. The molecule has 174 valence electrons. The summed E-state index contributed by atoms with van der Waals surface area (Å²) in [5, 5.41) is 0. The van der Waals surface area contributed by atoms with Crippen LogP contribution < -0.4 is 0 Å². The van der Waals surface area contributed by atoms with Gasteiger partial charge in [0.25, 0.3) is 0 Å². The number of carbonyl (C=O) groups excluding carboxylic acids is 1. The Kier molecular flexibility index (Phi) is 4.66. The topological polar surface area (TPSA) is 17.1 Å². The first-order valence-corrected chi connectivity index (χ1v) is 13.6. The zero-order valence-corrected chi connectivity index (χ0v) is 21.7. The molecule has 0 amide bonds. The molecule has 0 N–H and O–H groups in total. The van der Waals surface area contributed by atoms with Crippen molar-refractivity contribution in [3.8, 4) is 0 Å². The van der Waals surface area contributed by atoms with Gasteiger partial charge in [0.15, 0.2) is 0 Å². The summed E-state index contributed by atoms with van der Waals surface area (Å²) in [4.78, 5) is 12.8. The van der Waals surface area contributed by atoms with Crippen molar-refractivity contribution in [2.75, 3.05) is 0 Å². The van der Waals surface area contributed by atoms with E-state index in [4.69, 9.17) is 0 Å². The maximum absolute atomic E-state index is 12.8. The second-order valence-electron chi connectivity index (χ2n) is 14.4. The van der Waals surface area contributed by atoms with E-state index in [9.17, 15) is 4.79 Å². The van der Waals surface area contributed by atoms with E-state index < -0.39 is 0 Å². The van der Waals surface area contributed by atoms with Gasteiger partial charge >= 0.3 is 0 Å². The molecular weight excluding hydrogens is 376 g/mol. The Morgan fingerprint density at radius 3 is 2.19 bits per heavy atom. The molecule has 0 aromatic heterocycles. The summed E-state index contributed by atoms with van der Waals surface area (Å²) in [5.41, 5.74) is 3.26. The van der Waals surface area contributed by atoms with E-state index in [-0.39, 0.29) is 10.8 Å². The van der Waals surface area contributed by atoms with Crippen LogP contribution in [0.5, 0.6) is 0 Å². The summed E-state index contributed by atoms with van der Waals surface area (Å²) in [6.07, 6.45) is 14.2. The van der Waals surface area contributed by atoms with Gasteiger partial charge in [-0.05, 0) is 103 Å². The van der Waals surface area contributed by atoms with Crippen LogP contribution in [0.1, 0.15) is 113 Å². The molecule has 4 fully saturated rings. The minimum Gasteiger partial charge on any atom is -0.299 e. The first-order valence-electron chi connectivity index (χ1n) is 13.6. The van der Waals surface area contributed by atoms with E-state index in [2.05, 4.69) is 61.5 Å². The highest BCUT2D eigenvalue weighted by atomic mass is 16.1. The lowest BCUT2D eigenvalue weighted by molar-refractivity contribution is -0.161. The van der Waals surface area contributed by atoms with E-state index in [0.717, 1.165) is 36.5 Å². The molecule has 0 saturated heterocycles. The highest BCUT2D eigenvalue weighted by Gasteiger charge is 2.68. The first kappa shape index (κ1) is 22.2. The van der Waals surface area contributed by atoms with Crippen LogP contribution in [0.4, 0.5) is 0 Å². The van der Waals surface area contributed by atoms with Gasteiger partial charge in [-0.3, -0.25) is 4.79 Å². The van der Waals surface area contributed by atoms with Crippen LogP contribution in [0.3, 0.4) is 0 Å². The van der Waals surface area contributed by atoms with E-state index in [1.54, 1.807) is 5.57 Å². The van der Waals surface area contributed by atoms with Crippen molar-refractivity contribution >= 4 is 5.78 Å². The standard InChI is InChI=1S/C30H48O/c1-19(2)20-9-12-24-28(20,6)17-18-29(7)22-10-11-23-26(3,4)25(31)14-15-27(23,5)21(22)13-16-30(24,29)8/h13,19-20,22-24H,9-12,14-18H2,1-8H3/t20-,22+,23+,24-,27-,28-,29-,30+/m1/s1. The zero-order valence-electron chi connectivity index (χ0n) is 21.7. The van der Waals surface area contributed by atoms with Crippen LogP contribution >= 0.6 is 0 Å². The number of allylic oxidation sites excluding steroid dienone is 2. The minimum atomic E-state index is -0.151. The summed E-state index contributed by atoms with van der Waals surface area (Å²) < 4.78 is 0.